The van der Waals surface area contributed by atoms with Crippen molar-refractivity contribution in [2.24, 2.45) is 0 Å². The second kappa shape index (κ2) is 15.5. The summed E-state index contributed by atoms with van der Waals surface area (Å²) in [5.41, 5.74) is 0. The number of hydrogen-bond donors (Lipinski definition) is 0. The summed E-state index contributed by atoms with van der Waals surface area (Å²) >= 11 is 0. The van der Waals surface area contributed by atoms with Crippen LogP contribution in [-0.2, 0) is 0 Å². The first-order valence-electron chi connectivity index (χ1n) is 7.56. The Morgan fingerprint density at radius 2 is 0.941 bits per heavy atom. The lowest BCUT2D eigenvalue weighted by Crippen LogP contribution is -1.82. The van der Waals surface area contributed by atoms with Crippen LogP contribution in [0.4, 0.5) is 0 Å². The number of rotatable bonds is 14. The summed E-state index contributed by atoms with van der Waals surface area (Å²) in [6, 6.07) is 0. The van der Waals surface area contributed by atoms with Crippen LogP contribution in [0.5, 0.6) is 0 Å². The van der Waals surface area contributed by atoms with E-state index >= 15 is 0 Å². The van der Waals surface area contributed by atoms with Gasteiger partial charge < -0.3 is 0 Å². The zero-order valence-corrected chi connectivity index (χ0v) is 11.6. The fraction of sp³-hybridized carbons (Fsp3) is 0.765. The fourth-order valence-electron chi connectivity index (χ4n) is 2.14. The maximum absolute atomic E-state index is 5.34. The molecule has 0 saturated heterocycles. The highest BCUT2D eigenvalue weighted by Crippen LogP contribution is 2.12. The Hall–Kier alpha value is -0.520. The SMILES string of the molecule is [CH]=CCCCCCCCCCCCCCC=C. The first-order chi connectivity index (χ1) is 8.41. The topological polar surface area (TPSA) is 0 Å². The molecule has 0 unspecified atom stereocenters. The van der Waals surface area contributed by atoms with Crippen LogP contribution in [0.15, 0.2) is 18.7 Å². The zero-order valence-electron chi connectivity index (χ0n) is 11.6. The van der Waals surface area contributed by atoms with Crippen molar-refractivity contribution in [2.75, 3.05) is 0 Å². The van der Waals surface area contributed by atoms with Crippen molar-refractivity contribution in [3.05, 3.63) is 25.3 Å². The van der Waals surface area contributed by atoms with Crippen molar-refractivity contribution in [1.82, 2.24) is 0 Å². The van der Waals surface area contributed by atoms with Crippen molar-refractivity contribution in [2.45, 2.75) is 83.5 Å². The third-order valence-corrected chi connectivity index (χ3v) is 3.28. The number of hydrogen-bond acceptors (Lipinski definition) is 0. The van der Waals surface area contributed by atoms with E-state index in [4.69, 9.17) is 6.58 Å². The van der Waals surface area contributed by atoms with Crippen LogP contribution in [0, 0.1) is 6.58 Å². The standard InChI is InChI=1S/C17H31/c1-3-5-7-9-11-13-15-17-16-14-12-10-8-6-4-2/h1,3-4H,2,5-17H2. The van der Waals surface area contributed by atoms with Gasteiger partial charge in [0.2, 0.25) is 0 Å². The van der Waals surface area contributed by atoms with Crippen LogP contribution in [0.1, 0.15) is 83.5 Å². The van der Waals surface area contributed by atoms with Crippen molar-refractivity contribution in [1.29, 1.82) is 0 Å². The van der Waals surface area contributed by atoms with Crippen LogP contribution in [0.25, 0.3) is 0 Å². The van der Waals surface area contributed by atoms with E-state index in [-0.39, 0.29) is 0 Å². The Balaban J connectivity index is 2.89. The quantitative estimate of drug-likeness (QED) is 0.247. The van der Waals surface area contributed by atoms with Gasteiger partial charge in [-0.25, -0.2) is 0 Å². The van der Waals surface area contributed by atoms with Gasteiger partial charge in [-0.15, -0.1) is 6.58 Å². The summed E-state index contributed by atoms with van der Waals surface area (Å²) in [5.74, 6) is 0. The predicted octanol–water partition coefficient (Wildman–Crippen LogP) is 6.23. The molecule has 0 bridgehead atoms. The van der Waals surface area contributed by atoms with Crippen molar-refractivity contribution < 1.29 is 0 Å². The van der Waals surface area contributed by atoms with Gasteiger partial charge >= 0.3 is 0 Å². The highest BCUT2D eigenvalue weighted by molar-refractivity contribution is 4.65. The van der Waals surface area contributed by atoms with Gasteiger partial charge in [0.1, 0.15) is 0 Å². The van der Waals surface area contributed by atoms with E-state index in [0.29, 0.717) is 0 Å². The molecular weight excluding hydrogens is 204 g/mol. The van der Waals surface area contributed by atoms with Crippen LogP contribution in [0.3, 0.4) is 0 Å². The van der Waals surface area contributed by atoms with Gasteiger partial charge in [-0.1, -0.05) is 76.5 Å². The summed E-state index contributed by atoms with van der Waals surface area (Å²) in [6.07, 6.45) is 21.4. The molecule has 0 N–H and O–H groups in total. The monoisotopic (exact) mass is 235 g/mol. The molecule has 0 fully saturated rings. The first kappa shape index (κ1) is 16.5. The molecule has 1 radical (unpaired) electrons. The van der Waals surface area contributed by atoms with Gasteiger partial charge in [-0.05, 0) is 25.7 Å². The molecule has 0 aliphatic rings. The van der Waals surface area contributed by atoms with Gasteiger partial charge in [0.25, 0.3) is 0 Å². The smallest absolute Gasteiger partial charge is 0.0348 e. The highest BCUT2D eigenvalue weighted by Gasteiger charge is 1.92. The molecule has 0 aliphatic heterocycles. The van der Waals surface area contributed by atoms with E-state index in [1.165, 1.54) is 77.0 Å². The average molecular weight is 235 g/mol. The van der Waals surface area contributed by atoms with Crippen LogP contribution < -0.4 is 0 Å². The van der Waals surface area contributed by atoms with Crippen LogP contribution >= 0.6 is 0 Å². The minimum atomic E-state index is 1.09. The molecule has 0 aromatic rings. The lowest BCUT2D eigenvalue weighted by atomic mass is 10.0. The molecule has 0 heterocycles. The molecule has 17 heavy (non-hydrogen) atoms. The second-order valence-electron chi connectivity index (χ2n) is 4.99. The molecular formula is C17H31. The minimum Gasteiger partial charge on any atom is -0.103 e. The Kier molecular flexibility index (Phi) is 15.0. The normalized spacial score (nSPS) is 10.4. The molecule has 0 saturated carbocycles. The van der Waals surface area contributed by atoms with Crippen molar-refractivity contribution in [3.8, 4) is 0 Å². The lowest BCUT2D eigenvalue weighted by Gasteiger charge is -2.02. The van der Waals surface area contributed by atoms with Gasteiger partial charge in [0.15, 0.2) is 0 Å². The summed E-state index contributed by atoms with van der Waals surface area (Å²) in [5, 5.41) is 0. The minimum absolute atomic E-state index is 1.09. The number of unbranched alkanes of at least 4 members (excludes halogenated alkanes) is 12. The summed E-state index contributed by atoms with van der Waals surface area (Å²) in [7, 11) is 0. The van der Waals surface area contributed by atoms with Crippen LogP contribution in [-0.4, -0.2) is 0 Å². The molecule has 0 amide bonds. The molecule has 0 aromatic carbocycles. The second-order valence-corrected chi connectivity index (χ2v) is 4.99. The maximum Gasteiger partial charge on any atom is -0.0348 e. The largest absolute Gasteiger partial charge is 0.103 e. The molecule has 0 atom stereocenters. The summed E-state index contributed by atoms with van der Waals surface area (Å²) in [4.78, 5) is 0. The summed E-state index contributed by atoms with van der Waals surface area (Å²) in [6.45, 7) is 9.08. The van der Waals surface area contributed by atoms with Gasteiger partial charge in [-0.3, -0.25) is 0 Å². The molecule has 0 aromatic heterocycles. The molecule has 0 aliphatic carbocycles. The third kappa shape index (κ3) is 15.5. The Morgan fingerprint density at radius 3 is 1.29 bits per heavy atom. The predicted molar refractivity (Wildman–Crippen MR) is 79.1 cm³/mol. The first-order valence-corrected chi connectivity index (χ1v) is 7.56. The molecule has 0 spiro atoms. The lowest BCUT2D eigenvalue weighted by molar-refractivity contribution is 0.547. The molecule has 0 heteroatoms. The van der Waals surface area contributed by atoms with E-state index in [1.807, 2.05) is 6.08 Å². The van der Waals surface area contributed by atoms with Gasteiger partial charge in [0.05, 0.1) is 0 Å². The third-order valence-electron chi connectivity index (χ3n) is 3.28. The fourth-order valence-corrected chi connectivity index (χ4v) is 2.14. The molecule has 0 rings (SSSR count). The Morgan fingerprint density at radius 1 is 0.588 bits per heavy atom. The maximum atomic E-state index is 5.34. The van der Waals surface area contributed by atoms with Gasteiger partial charge in [0, 0.05) is 0 Å². The van der Waals surface area contributed by atoms with E-state index in [9.17, 15) is 0 Å². The van der Waals surface area contributed by atoms with Gasteiger partial charge in [-0.2, -0.15) is 0 Å². The van der Waals surface area contributed by atoms with Crippen LogP contribution in [0.2, 0.25) is 0 Å². The van der Waals surface area contributed by atoms with E-state index in [1.54, 1.807) is 6.08 Å². The van der Waals surface area contributed by atoms with E-state index < -0.39 is 0 Å². The average Bonchev–Trinajstić information content (AvgIpc) is 2.35. The molecule has 99 valence electrons. The number of allylic oxidation sites excluding steroid dienone is 2. The zero-order chi connectivity index (χ0) is 12.6. The summed E-state index contributed by atoms with van der Waals surface area (Å²) < 4.78 is 0. The highest BCUT2D eigenvalue weighted by atomic mass is 14.0. The van der Waals surface area contributed by atoms with E-state index in [0.717, 1.165) is 6.42 Å². The molecule has 0 nitrogen and oxygen atoms in total. The van der Waals surface area contributed by atoms with E-state index in [2.05, 4.69) is 6.58 Å². The Labute approximate surface area is 109 Å². The van der Waals surface area contributed by atoms with Crippen molar-refractivity contribution in [3.63, 3.8) is 0 Å². The Bertz CT molecular complexity index is 139. The van der Waals surface area contributed by atoms with Crippen molar-refractivity contribution >= 4 is 0 Å².